The molecule has 0 aromatic carbocycles. The Morgan fingerprint density at radius 1 is 1.60 bits per heavy atom. The van der Waals surface area contributed by atoms with Crippen molar-refractivity contribution in [1.82, 2.24) is 10.6 Å². The number of aliphatic hydroxyl groups excluding tert-OH is 1. The van der Waals surface area contributed by atoms with Crippen LogP contribution in [0.5, 0.6) is 0 Å². The monoisotopic (exact) mass is 216 g/mol. The number of aliphatic carboxylic acids is 1. The van der Waals surface area contributed by atoms with Crippen molar-refractivity contribution in [1.29, 1.82) is 0 Å². The zero-order valence-corrected chi connectivity index (χ0v) is 8.62. The van der Waals surface area contributed by atoms with Gasteiger partial charge < -0.3 is 20.8 Å². The molecule has 1 unspecified atom stereocenters. The summed E-state index contributed by atoms with van der Waals surface area (Å²) in [6.45, 7) is 1.88. The zero-order chi connectivity index (χ0) is 11.5. The first-order valence-corrected chi connectivity index (χ1v) is 4.89. The largest absolute Gasteiger partial charge is 0.480 e. The van der Waals surface area contributed by atoms with Gasteiger partial charge in [-0.3, -0.25) is 4.79 Å². The Morgan fingerprint density at radius 2 is 2.27 bits per heavy atom. The van der Waals surface area contributed by atoms with Crippen LogP contribution < -0.4 is 10.6 Å². The molecule has 0 saturated carbocycles. The quantitative estimate of drug-likeness (QED) is 0.467. The number of hydrogen-bond donors (Lipinski definition) is 4. The summed E-state index contributed by atoms with van der Waals surface area (Å²) in [5.74, 6) is -1.60. The van der Waals surface area contributed by atoms with E-state index < -0.39 is 24.2 Å². The molecule has 0 spiro atoms. The number of nitrogens with one attached hydrogen (secondary N) is 2. The smallest absolute Gasteiger partial charge is 0.328 e. The Kier molecular flexibility index (Phi) is 3.65. The standard InChI is InChI=1S/C9H16N2O4/c1-9(3-2-4-10-9)8(15)11-6(5-12)7(13)14/h6,10,12H,2-5H2,1H3,(H,11,15)(H,13,14)/t6-,9?/m0/s1. The molecule has 0 aromatic heterocycles. The van der Waals surface area contributed by atoms with Gasteiger partial charge in [-0.05, 0) is 26.3 Å². The number of amides is 1. The van der Waals surface area contributed by atoms with Crippen molar-refractivity contribution in [2.75, 3.05) is 13.2 Å². The van der Waals surface area contributed by atoms with Crippen LogP contribution in [0.1, 0.15) is 19.8 Å². The average molecular weight is 216 g/mol. The molecule has 1 aliphatic heterocycles. The summed E-state index contributed by atoms with van der Waals surface area (Å²) in [6, 6.07) is -1.23. The highest BCUT2D eigenvalue weighted by Gasteiger charge is 2.37. The molecule has 0 radical (unpaired) electrons. The predicted octanol–water partition coefficient (Wildman–Crippen LogP) is -1.31. The number of carboxylic acids is 1. The third-order valence-corrected chi connectivity index (χ3v) is 2.66. The molecule has 1 saturated heterocycles. The van der Waals surface area contributed by atoms with E-state index in [4.69, 9.17) is 10.2 Å². The lowest BCUT2D eigenvalue weighted by Crippen LogP contribution is -2.56. The van der Waals surface area contributed by atoms with Gasteiger partial charge in [0, 0.05) is 0 Å². The molecule has 6 heteroatoms. The van der Waals surface area contributed by atoms with Crippen LogP contribution in [0.3, 0.4) is 0 Å². The minimum atomic E-state index is -1.23. The van der Waals surface area contributed by atoms with E-state index in [9.17, 15) is 9.59 Å². The molecule has 1 heterocycles. The first kappa shape index (κ1) is 11.9. The summed E-state index contributed by atoms with van der Waals surface area (Å²) in [7, 11) is 0. The molecular weight excluding hydrogens is 200 g/mol. The van der Waals surface area contributed by atoms with E-state index in [0.29, 0.717) is 6.42 Å². The van der Waals surface area contributed by atoms with Crippen LogP contribution >= 0.6 is 0 Å². The van der Waals surface area contributed by atoms with E-state index in [0.717, 1.165) is 13.0 Å². The Hall–Kier alpha value is -1.14. The highest BCUT2D eigenvalue weighted by atomic mass is 16.4. The van der Waals surface area contributed by atoms with Crippen LogP contribution in [0.2, 0.25) is 0 Å². The van der Waals surface area contributed by atoms with Crippen molar-refractivity contribution in [3.8, 4) is 0 Å². The molecule has 1 aliphatic rings. The van der Waals surface area contributed by atoms with Crippen LogP contribution in [-0.2, 0) is 9.59 Å². The maximum Gasteiger partial charge on any atom is 0.328 e. The van der Waals surface area contributed by atoms with Gasteiger partial charge in [0.25, 0.3) is 0 Å². The third kappa shape index (κ3) is 2.66. The van der Waals surface area contributed by atoms with Gasteiger partial charge in [0.05, 0.1) is 12.1 Å². The van der Waals surface area contributed by atoms with Crippen molar-refractivity contribution in [2.24, 2.45) is 0 Å². The molecule has 2 atom stereocenters. The summed E-state index contributed by atoms with van der Waals surface area (Å²) in [6.07, 6.45) is 1.57. The normalized spacial score (nSPS) is 27.3. The van der Waals surface area contributed by atoms with Gasteiger partial charge >= 0.3 is 5.97 Å². The Labute approximate surface area is 87.7 Å². The first-order valence-electron chi connectivity index (χ1n) is 4.89. The van der Waals surface area contributed by atoms with E-state index in [1.807, 2.05) is 0 Å². The molecule has 86 valence electrons. The zero-order valence-electron chi connectivity index (χ0n) is 8.62. The third-order valence-electron chi connectivity index (χ3n) is 2.66. The SMILES string of the molecule is CC1(C(=O)N[C@@H](CO)C(=O)O)CCCN1. The van der Waals surface area contributed by atoms with Crippen LogP contribution in [0, 0.1) is 0 Å². The number of hydrogen-bond acceptors (Lipinski definition) is 4. The van der Waals surface area contributed by atoms with Crippen LogP contribution in [0.4, 0.5) is 0 Å². The molecule has 1 fully saturated rings. The van der Waals surface area contributed by atoms with Crippen LogP contribution in [-0.4, -0.2) is 46.8 Å². The van der Waals surface area contributed by atoms with E-state index in [2.05, 4.69) is 10.6 Å². The lowest BCUT2D eigenvalue weighted by atomic mass is 9.99. The summed E-state index contributed by atoms with van der Waals surface area (Å²) < 4.78 is 0. The number of carbonyl (C=O) groups excluding carboxylic acids is 1. The van der Waals surface area contributed by atoms with Gasteiger partial charge in [0.1, 0.15) is 6.04 Å². The van der Waals surface area contributed by atoms with Crippen LogP contribution in [0.25, 0.3) is 0 Å². The van der Waals surface area contributed by atoms with Crippen molar-refractivity contribution in [3.05, 3.63) is 0 Å². The summed E-state index contributed by atoms with van der Waals surface area (Å²) in [4.78, 5) is 22.3. The second kappa shape index (κ2) is 4.59. The van der Waals surface area contributed by atoms with Crippen molar-refractivity contribution in [3.63, 3.8) is 0 Å². The fourth-order valence-electron chi connectivity index (χ4n) is 1.59. The van der Waals surface area contributed by atoms with Crippen molar-refractivity contribution >= 4 is 11.9 Å². The fraction of sp³-hybridized carbons (Fsp3) is 0.778. The molecule has 1 rings (SSSR count). The highest BCUT2D eigenvalue weighted by Crippen LogP contribution is 2.18. The van der Waals surface area contributed by atoms with E-state index in [1.54, 1.807) is 6.92 Å². The Balaban J connectivity index is 2.57. The Morgan fingerprint density at radius 3 is 2.67 bits per heavy atom. The lowest BCUT2D eigenvalue weighted by molar-refractivity contribution is -0.143. The summed E-state index contributed by atoms with van der Waals surface area (Å²) >= 11 is 0. The van der Waals surface area contributed by atoms with Gasteiger partial charge in [-0.2, -0.15) is 0 Å². The van der Waals surface area contributed by atoms with Gasteiger partial charge in [-0.1, -0.05) is 0 Å². The molecule has 15 heavy (non-hydrogen) atoms. The van der Waals surface area contributed by atoms with Crippen molar-refractivity contribution in [2.45, 2.75) is 31.3 Å². The number of aliphatic hydroxyl groups is 1. The average Bonchev–Trinajstić information content (AvgIpc) is 2.61. The van der Waals surface area contributed by atoms with Crippen molar-refractivity contribution < 1.29 is 19.8 Å². The maximum atomic E-state index is 11.7. The van der Waals surface area contributed by atoms with E-state index in [1.165, 1.54) is 0 Å². The molecular formula is C9H16N2O4. The molecule has 0 bridgehead atoms. The van der Waals surface area contributed by atoms with Gasteiger partial charge in [-0.25, -0.2) is 4.79 Å². The number of rotatable bonds is 4. The molecule has 6 nitrogen and oxygen atoms in total. The molecule has 0 aliphatic carbocycles. The van der Waals surface area contributed by atoms with E-state index >= 15 is 0 Å². The molecule has 1 amide bonds. The second-order valence-corrected chi connectivity index (χ2v) is 3.91. The summed E-state index contributed by atoms with van der Waals surface area (Å²) in [5.41, 5.74) is -0.705. The minimum absolute atomic E-state index is 0.374. The van der Waals surface area contributed by atoms with Gasteiger partial charge in [0.2, 0.25) is 5.91 Å². The second-order valence-electron chi connectivity index (χ2n) is 3.91. The summed E-state index contributed by atoms with van der Waals surface area (Å²) in [5, 5.41) is 22.7. The van der Waals surface area contributed by atoms with Gasteiger partial charge in [0.15, 0.2) is 0 Å². The van der Waals surface area contributed by atoms with E-state index in [-0.39, 0.29) is 5.91 Å². The predicted molar refractivity (Wildman–Crippen MR) is 52.3 cm³/mol. The molecule has 4 N–H and O–H groups in total. The maximum absolute atomic E-state index is 11.7. The van der Waals surface area contributed by atoms with Gasteiger partial charge in [-0.15, -0.1) is 0 Å². The molecule has 0 aromatic rings. The topological polar surface area (TPSA) is 98.7 Å². The van der Waals surface area contributed by atoms with Crippen LogP contribution in [0.15, 0.2) is 0 Å². The lowest BCUT2D eigenvalue weighted by Gasteiger charge is -2.24. The first-order chi connectivity index (χ1) is 6.99. The minimum Gasteiger partial charge on any atom is -0.480 e. The highest BCUT2D eigenvalue weighted by molar-refractivity contribution is 5.90. The fourth-order valence-corrected chi connectivity index (χ4v) is 1.59. The number of carbonyl (C=O) groups is 2. The number of carboxylic acid groups (broad SMARTS) is 1. The Bertz CT molecular complexity index is 261.